The number of rotatable bonds is 4. The molecule has 1 aromatic rings. The van der Waals surface area contributed by atoms with Crippen molar-refractivity contribution in [3.8, 4) is 0 Å². The largest absolute Gasteiger partial charge is 0.467 e. The first-order valence-corrected chi connectivity index (χ1v) is 9.10. The number of imide groups is 1. The molecule has 8 heteroatoms. The van der Waals surface area contributed by atoms with Crippen LogP contribution in [0.3, 0.4) is 0 Å². The van der Waals surface area contributed by atoms with Gasteiger partial charge in [0.1, 0.15) is 6.04 Å². The van der Waals surface area contributed by atoms with Crippen LogP contribution in [-0.2, 0) is 19.1 Å². The normalized spacial score (nSPS) is 20.6. The van der Waals surface area contributed by atoms with Crippen LogP contribution in [-0.4, -0.2) is 61.5 Å². The van der Waals surface area contributed by atoms with E-state index in [1.807, 2.05) is 24.3 Å². The van der Waals surface area contributed by atoms with Crippen LogP contribution in [0.4, 0.5) is 10.5 Å². The summed E-state index contributed by atoms with van der Waals surface area (Å²) in [5.74, 6) is -1.10. The average Bonchev–Trinajstić information content (AvgIpc) is 2.95. The van der Waals surface area contributed by atoms with Gasteiger partial charge in [-0.05, 0) is 42.5 Å². The molecule has 0 N–H and O–H groups in total. The zero-order valence-corrected chi connectivity index (χ0v) is 15.5. The van der Waals surface area contributed by atoms with Crippen molar-refractivity contribution in [1.29, 1.82) is 0 Å². The first kappa shape index (κ1) is 18.5. The van der Waals surface area contributed by atoms with Crippen LogP contribution in [0.1, 0.15) is 12.5 Å². The number of carbonyl (C=O) groups excluding carboxylic acids is 3. The van der Waals surface area contributed by atoms with Gasteiger partial charge in [-0.3, -0.25) is 14.5 Å². The molecule has 0 bridgehead atoms. The number of methoxy groups -OCH3 is 1. The van der Waals surface area contributed by atoms with E-state index in [0.717, 1.165) is 41.0 Å². The SMILES string of the molecule is COC(=O)[C@H](C)N1C(=O)S/C(=C/c2ccc(N3CCOCC3)cc2)C1=O. The van der Waals surface area contributed by atoms with Crippen LogP contribution >= 0.6 is 11.8 Å². The molecule has 2 aliphatic heterocycles. The van der Waals surface area contributed by atoms with E-state index in [9.17, 15) is 14.4 Å². The Morgan fingerprint density at radius 2 is 1.88 bits per heavy atom. The molecule has 2 saturated heterocycles. The van der Waals surface area contributed by atoms with Crippen molar-refractivity contribution in [3.05, 3.63) is 34.7 Å². The van der Waals surface area contributed by atoms with E-state index < -0.39 is 23.2 Å². The lowest BCUT2D eigenvalue weighted by molar-refractivity contribution is -0.148. The summed E-state index contributed by atoms with van der Waals surface area (Å²) in [7, 11) is 1.23. The van der Waals surface area contributed by atoms with Crippen molar-refractivity contribution in [2.75, 3.05) is 38.3 Å². The van der Waals surface area contributed by atoms with Gasteiger partial charge in [0.25, 0.3) is 11.1 Å². The summed E-state index contributed by atoms with van der Waals surface area (Å²) in [6, 6.07) is 6.84. The molecule has 26 heavy (non-hydrogen) atoms. The fourth-order valence-corrected chi connectivity index (χ4v) is 3.75. The Balaban J connectivity index is 1.74. The van der Waals surface area contributed by atoms with E-state index in [0.29, 0.717) is 18.1 Å². The Kier molecular flexibility index (Phi) is 5.63. The Bertz CT molecular complexity index is 740. The number of carbonyl (C=O) groups is 3. The third kappa shape index (κ3) is 3.76. The number of anilines is 1. The molecule has 2 fully saturated rings. The van der Waals surface area contributed by atoms with Crippen LogP contribution in [0.2, 0.25) is 0 Å². The van der Waals surface area contributed by atoms with Gasteiger partial charge < -0.3 is 14.4 Å². The summed E-state index contributed by atoms with van der Waals surface area (Å²) < 4.78 is 9.97. The first-order valence-electron chi connectivity index (χ1n) is 8.29. The molecule has 2 heterocycles. The van der Waals surface area contributed by atoms with Crippen molar-refractivity contribution >= 4 is 40.6 Å². The van der Waals surface area contributed by atoms with Crippen LogP contribution in [0.15, 0.2) is 29.2 Å². The zero-order valence-electron chi connectivity index (χ0n) is 14.6. The minimum atomic E-state index is -0.943. The fourth-order valence-electron chi connectivity index (χ4n) is 2.84. The van der Waals surface area contributed by atoms with Gasteiger partial charge in [-0.2, -0.15) is 0 Å². The number of amides is 2. The van der Waals surface area contributed by atoms with Crippen molar-refractivity contribution in [1.82, 2.24) is 4.90 Å². The van der Waals surface area contributed by atoms with Crippen molar-refractivity contribution < 1.29 is 23.9 Å². The molecule has 1 aromatic carbocycles. The summed E-state index contributed by atoms with van der Waals surface area (Å²) in [6.45, 7) is 4.61. The van der Waals surface area contributed by atoms with Crippen molar-refractivity contribution in [2.45, 2.75) is 13.0 Å². The van der Waals surface area contributed by atoms with Crippen LogP contribution in [0, 0.1) is 0 Å². The lowest BCUT2D eigenvalue weighted by Gasteiger charge is -2.28. The summed E-state index contributed by atoms with van der Waals surface area (Å²) in [6.07, 6.45) is 1.66. The lowest BCUT2D eigenvalue weighted by atomic mass is 10.1. The van der Waals surface area contributed by atoms with Gasteiger partial charge in [-0.1, -0.05) is 12.1 Å². The van der Waals surface area contributed by atoms with Gasteiger partial charge >= 0.3 is 5.97 Å². The Morgan fingerprint density at radius 3 is 2.50 bits per heavy atom. The second-order valence-electron chi connectivity index (χ2n) is 5.94. The highest BCUT2D eigenvalue weighted by Crippen LogP contribution is 2.34. The second-order valence-corrected chi connectivity index (χ2v) is 6.93. The number of hydrogen-bond donors (Lipinski definition) is 0. The Labute approximate surface area is 155 Å². The van der Waals surface area contributed by atoms with Crippen LogP contribution in [0.5, 0.6) is 0 Å². The maximum Gasteiger partial charge on any atom is 0.328 e. The van der Waals surface area contributed by atoms with Gasteiger partial charge in [-0.15, -0.1) is 0 Å². The van der Waals surface area contributed by atoms with Gasteiger partial charge in [0.2, 0.25) is 0 Å². The summed E-state index contributed by atoms with van der Waals surface area (Å²) in [5, 5.41) is -0.468. The van der Waals surface area contributed by atoms with E-state index in [2.05, 4.69) is 9.64 Å². The molecule has 0 unspecified atom stereocenters. The smallest absolute Gasteiger partial charge is 0.328 e. The highest BCUT2D eigenvalue weighted by molar-refractivity contribution is 8.18. The van der Waals surface area contributed by atoms with E-state index >= 15 is 0 Å². The molecular weight excluding hydrogens is 356 g/mol. The third-order valence-corrected chi connectivity index (χ3v) is 5.20. The summed E-state index contributed by atoms with van der Waals surface area (Å²) >= 11 is 0.829. The highest BCUT2D eigenvalue weighted by Gasteiger charge is 2.41. The van der Waals surface area contributed by atoms with Crippen LogP contribution in [0.25, 0.3) is 6.08 Å². The standard InChI is InChI=1S/C18H20N2O5S/c1-12(17(22)24-2)20-16(21)15(26-18(20)23)11-13-3-5-14(6-4-13)19-7-9-25-10-8-19/h3-6,11-12H,7-10H2,1-2H3/b15-11+/t12-/m0/s1. The monoisotopic (exact) mass is 376 g/mol. The number of hydrogen-bond acceptors (Lipinski definition) is 7. The third-order valence-electron chi connectivity index (χ3n) is 4.32. The number of benzene rings is 1. The summed E-state index contributed by atoms with van der Waals surface area (Å²) in [5.41, 5.74) is 1.91. The quantitative estimate of drug-likeness (QED) is 0.588. The lowest BCUT2D eigenvalue weighted by Crippen LogP contribution is -2.42. The van der Waals surface area contributed by atoms with Gasteiger partial charge in [0, 0.05) is 18.8 Å². The van der Waals surface area contributed by atoms with E-state index in [4.69, 9.17) is 4.74 Å². The zero-order chi connectivity index (χ0) is 18.7. The molecule has 1 atom stereocenters. The van der Waals surface area contributed by atoms with E-state index in [1.54, 1.807) is 6.08 Å². The molecule has 3 rings (SSSR count). The van der Waals surface area contributed by atoms with Gasteiger partial charge in [-0.25, -0.2) is 4.79 Å². The molecular formula is C18H20N2O5S. The maximum atomic E-state index is 12.5. The second kappa shape index (κ2) is 7.92. The molecule has 0 aliphatic carbocycles. The molecule has 138 valence electrons. The van der Waals surface area contributed by atoms with Crippen molar-refractivity contribution in [2.24, 2.45) is 0 Å². The molecule has 2 amide bonds. The van der Waals surface area contributed by atoms with Gasteiger partial charge in [0.05, 0.1) is 25.2 Å². The maximum absolute atomic E-state index is 12.5. The van der Waals surface area contributed by atoms with E-state index in [-0.39, 0.29) is 0 Å². The minimum Gasteiger partial charge on any atom is -0.467 e. The topological polar surface area (TPSA) is 76.2 Å². The number of ether oxygens (including phenoxy) is 2. The minimum absolute atomic E-state index is 0.296. The number of thioether (sulfide) groups is 1. The first-order chi connectivity index (χ1) is 12.5. The number of morpholine rings is 1. The molecule has 0 saturated carbocycles. The molecule has 7 nitrogen and oxygen atoms in total. The Morgan fingerprint density at radius 1 is 1.23 bits per heavy atom. The fraction of sp³-hybridized carbons (Fsp3) is 0.389. The molecule has 0 spiro atoms. The van der Waals surface area contributed by atoms with Gasteiger partial charge in [0.15, 0.2) is 0 Å². The molecule has 0 radical (unpaired) electrons. The number of nitrogens with zero attached hydrogens (tertiary/aromatic N) is 2. The highest BCUT2D eigenvalue weighted by atomic mass is 32.2. The van der Waals surface area contributed by atoms with E-state index in [1.165, 1.54) is 14.0 Å². The average molecular weight is 376 g/mol. The number of esters is 1. The molecule has 0 aromatic heterocycles. The summed E-state index contributed by atoms with van der Waals surface area (Å²) in [4.78, 5) is 39.7. The van der Waals surface area contributed by atoms with Crippen LogP contribution < -0.4 is 4.90 Å². The Hall–Kier alpha value is -2.32. The predicted octanol–water partition coefficient (Wildman–Crippen LogP) is 2.12. The molecule has 2 aliphatic rings. The predicted molar refractivity (Wildman–Crippen MR) is 98.8 cm³/mol. The van der Waals surface area contributed by atoms with Crippen molar-refractivity contribution in [3.63, 3.8) is 0 Å².